The van der Waals surface area contributed by atoms with Crippen LogP contribution in [0.25, 0.3) is 0 Å². The summed E-state index contributed by atoms with van der Waals surface area (Å²) in [6.45, 7) is 4.85. The molecule has 0 aliphatic carbocycles. The zero-order chi connectivity index (χ0) is 17.5. The topological polar surface area (TPSA) is 32.3 Å². The van der Waals surface area contributed by atoms with E-state index < -0.39 is 0 Å². The van der Waals surface area contributed by atoms with Gasteiger partial charge in [0, 0.05) is 30.2 Å². The highest BCUT2D eigenvalue weighted by Crippen LogP contribution is 2.23. The molecule has 0 radical (unpaired) electrons. The fourth-order valence-electron chi connectivity index (χ4n) is 3.07. The van der Waals surface area contributed by atoms with Crippen molar-refractivity contribution in [2.75, 3.05) is 18.0 Å². The molecule has 4 heteroatoms. The molecule has 3 nitrogen and oxygen atoms in total. The van der Waals surface area contributed by atoms with E-state index in [1.54, 1.807) is 11.8 Å². The van der Waals surface area contributed by atoms with E-state index in [0.717, 1.165) is 23.5 Å². The summed E-state index contributed by atoms with van der Waals surface area (Å²) in [6.07, 6.45) is 3.92. The minimum Gasteiger partial charge on any atom is -0.372 e. The standard InChI is InChI=1S/C21H26N2OS/c1-17(25-20-8-4-2-5-9-20)21(24)22-16-18-10-12-19(13-11-18)23-14-6-3-7-15-23/h2,4-5,8-13,17H,3,6-7,14-16H2,1H3,(H,22,24)/t17-/m0/s1. The Morgan fingerprint density at radius 1 is 1.04 bits per heavy atom. The zero-order valence-corrected chi connectivity index (χ0v) is 15.6. The van der Waals surface area contributed by atoms with Crippen molar-refractivity contribution in [2.45, 2.75) is 42.9 Å². The lowest BCUT2D eigenvalue weighted by Gasteiger charge is -2.28. The SMILES string of the molecule is C[C@H](Sc1ccccc1)C(=O)NCc1ccc(N2CCCCC2)cc1. The number of nitrogens with zero attached hydrogens (tertiary/aromatic N) is 1. The Kier molecular flexibility index (Phi) is 6.40. The van der Waals surface area contributed by atoms with Crippen LogP contribution in [0, 0.1) is 0 Å². The molecule has 1 aliphatic rings. The minimum absolute atomic E-state index is 0.0777. The molecular weight excluding hydrogens is 328 g/mol. The summed E-state index contributed by atoms with van der Waals surface area (Å²) in [6, 6.07) is 18.7. The first-order valence-electron chi connectivity index (χ1n) is 9.06. The molecule has 132 valence electrons. The molecule has 1 N–H and O–H groups in total. The number of rotatable bonds is 6. The van der Waals surface area contributed by atoms with Gasteiger partial charge in [-0.3, -0.25) is 4.79 Å². The molecule has 2 aromatic rings. The van der Waals surface area contributed by atoms with Gasteiger partial charge in [-0.15, -0.1) is 11.8 Å². The number of anilines is 1. The van der Waals surface area contributed by atoms with Gasteiger partial charge < -0.3 is 10.2 Å². The number of hydrogen-bond acceptors (Lipinski definition) is 3. The van der Waals surface area contributed by atoms with Crippen molar-refractivity contribution < 1.29 is 4.79 Å². The van der Waals surface area contributed by atoms with Gasteiger partial charge in [0.2, 0.25) is 5.91 Å². The van der Waals surface area contributed by atoms with Crippen LogP contribution in [0.15, 0.2) is 59.5 Å². The van der Waals surface area contributed by atoms with E-state index in [9.17, 15) is 4.79 Å². The summed E-state index contributed by atoms with van der Waals surface area (Å²) >= 11 is 1.59. The number of carbonyl (C=O) groups excluding carboxylic acids is 1. The van der Waals surface area contributed by atoms with Crippen molar-refractivity contribution >= 4 is 23.4 Å². The van der Waals surface area contributed by atoms with Crippen LogP contribution in [0.5, 0.6) is 0 Å². The average Bonchev–Trinajstić information content (AvgIpc) is 2.68. The Morgan fingerprint density at radius 2 is 1.72 bits per heavy atom. The van der Waals surface area contributed by atoms with Gasteiger partial charge in [0.05, 0.1) is 5.25 Å². The molecule has 25 heavy (non-hydrogen) atoms. The third kappa shape index (κ3) is 5.27. The van der Waals surface area contributed by atoms with Gasteiger partial charge in [0.1, 0.15) is 0 Å². The monoisotopic (exact) mass is 354 g/mol. The molecule has 1 amide bonds. The van der Waals surface area contributed by atoms with E-state index in [-0.39, 0.29) is 11.2 Å². The van der Waals surface area contributed by atoms with Crippen LogP contribution in [0.2, 0.25) is 0 Å². The van der Waals surface area contributed by atoms with Crippen LogP contribution in [-0.2, 0) is 11.3 Å². The summed E-state index contributed by atoms with van der Waals surface area (Å²) in [5, 5.41) is 2.94. The van der Waals surface area contributed by atoms with Crippen molar-refractivity contribution in [3.63, 3.8) is 0 Å². The van der Waals surface area contributed by atoms with Gasteiger partial charge in [-0.2, -0.15) is 0 Å². The first-order valence-corrected chi connectivity index (χ1v) is 9.93. The molecule has 0 bridgehead atoms. The molecule has 0 saturated carbocycles. The summed E-state index contributed by atoms with van der Waals surface area (Å²) in [7, 11) is 0. The van der Waals surface area contributed by atoms with Crippen molar-refractivity contribution in [3.8, 4) is 0 Å². The van der Waals surface area contributed by atoms with E-state index in [4.69, 9.17) is 0 Å². The molecule has 1 heterocycles. The predicted octanol–water partition coefficient (Wildman–Crippen LogP) is 4.47. The Balaban J connectivity index is 1.48. The molecule has 1 aliphatic heterocycles. The number of piperidine rings is 1. The number of carbonyl (C=O) groups is 1. The highest BCUT2D eigenvalue weighted by atomic mass is 32.2. The maximum absolute atomic E-state index is 12.3. The van der Waals surface area contributed by atoms with Gasteiger partial charge in [0.25, 0.3) is 0 Å². The number of benzene rings is 2. The van der Waals surface area contributed by atoms with Gasteiger partial charge >= 0.3 is 0 Å². The normalized spacial score (nSPS) is 15.6. The van der Waals surface area contributed by atoms with Crippen LogP contribution in [-0.4, -0.2) is 24.2 Å². The van der Waals surface area contributed by atoms with E-state index in [1.807, 2.05) is 37.3 Å². The first-order chi connectivity index (χ1) is 12.2. The summed E-state index contributed by atoms with van der Waals surface area (Å²) < 4.78 is 0. The molecule has 3 rings (SSSR count). The molecule has 1 saturated heterocycles. The van der Waals surface area contributed by atoms with E-state index in [0.29, 0.717) is 6.54 Å². The third-order valence-corrected chi connectivity index (χ3v) is 5.66. The highest BCUT2D eigenvalue weighted by molar-refractivity contribution is 8.00. The zero-order valence-electron chi connectivity index (χ0n) is 14.8. The molecular formula is C21H26N2OS. The second kappa shape index (κ2) is 8.95. The minimum atomic E-state index is -0.102. The second-order valence-corrected chi connectivity index (χ2v) is 7.92. The lowest BCUT2D eigenvalue weighted by Crippen LogP contribution is -2.30. The molecule has 1 fully saturated rings. The van der Waals surface area contributed by atoms with Crippen LogP contribution < -0.4 is 10.2 Å². The molecule has 0 unspecified atom stereocenters. The largest absolute Gasteiger partial charge is 0.372 e. The summed E-state index contributed by atoms with van der Waals surface area (Å²) in [5.74, 6) is 0.0777. The fourth-order valence-corrected chi connectivity index (χ4v) is 3.98. The number of amides is 1. The molecule has 2 aromatic carbocycles. The quantitative estimate of drug-likeness (QED) is 0.777. The smallest absolute Gasteiger partial charge is 0.233 e. The van der Waals surface area contributed by atoms with Crippen molar-refractivity contribution in [3.05, 3.63) is 60.2 Å². The van der Waals surface area contributed by atoms with Crippen molar-refractivity contribution in [1.82, 2.24) is 5.32 Å². The Hall–Kier alpha value is -1.94. The predicted molar refractivity (Wildman–Crippen MR) is 106 cm³/mol. The van der Waals surface area contributed by atoms with Gasteiger partial charge in [0.15, 0.2) is 0 Å². The first kappa shape index (κ1) is 17.9. The maximum Gasteiger partial charge on any atom is 0.233 e. The summed E-state index contributed by atoms with van der Waals surface area (Å²) in [4.78, 5) is 15.9. The second-order valence-electron chi connectivity index (χ2n) is 6.51. The van der Waals surface area contributed by atoms with E-state index in [2.05, 4.69) is 34.5 Å². The Morgan fingerprint density at radius 3 is 2.40 bits per heavy atom. The van der Waals surface area contributed by atoms with Crippen LogP contribution >= 0.6 is 11.8 Å². The Bertz CT molecular complexity index is 666. The van der Waals surface area contributed by atoms with Crippen molar-refractivity contribution in [1.29, 1.82) is 0 Å². The van der Waals surface area contributed by atoms with Crippen LogP contribution in [0.3, 0.4) is 0 Å². The fraction of sp³-hybridized carbons (Fsp3) is 0.381. The van der Waals surface area contributed by atoms with E-state index in [1.165, 1.54) is 24.9 Å². The lowest BCUT2D eigenvalue weighted by atomic mass is 10.1. The highest BCUT2D eigenvalue weighted by Gasteiger charge is 2.14. The number of hydrogen-bond donors (Lipinski definition) is 1. The van der Waals surface area contributed by atoms with Crippen LogP contribution in [0.1, 0.15) is 31.7 Å². The average molecular weight is 355 g/mol. The molecule has 0 spiro atoms. The van der Waals surface area contributed by atoms with Gasteiger partial charge in [-0.05, 0) is 56.0 Å². The Labute approximate surface area is 154 Å². The lowest BCUT2D eigenvalue weighted by molar-refractivity contribution is -0.120. The third-order valence-electron chi connectivity index (χ3n) is 4.55. The van der Waals surface area contributed by atoms with Gasteiger partial charge in [-0.25, -0.2) is 0 Å². The van der Waals surface area contributed by atoms with E-state index >= 15 is 0 Å². The number of nitrogens with one attached hydrogen (secondary N) is 1. The number of thioether (sulfide) groups is 1. The molecule has 1 atom stereocenters. The summed E-state index contributed by atoms with van der Waals surface area (Å²) in [5.41, 5.74) is 2.44. The maximum atomic E-state index is 12.3. The van der Waals surface area contributed by atoms with Gasteiger partial charge in [-0.1, -0.05) is 30.3 Å². The molecule has 0 aromatic heterocycles. The van der Waals surface area contributed by atoms with Crippen molar-refractivity contribution in [2.24, 2.45) is 0 Å². The van der Waals surface area contributed by atoms with Crippen LogP contribution in [0.4, 0.5) is 5.69 Å².